The lowest BCUT2D eigenvalue weighted by Gasteiger charge is -2.27. The van der Waals surface area contributed by atoms with Gasteiger partial charge < -0.3 is 10.2 Å². The highest BCUT2D eigenvalue weighted by molar-refractivity contribution is 5.85. The standard InChI is InChI=1S/C42H32N2/c1-5-13-32(14-6-1)35-21-25-38(26-22-35)43-39-29-37(34-17-9-3-10-18-34)30-42(31-39)44(40-19-11-4-12-20-40)41-27-23-36(24-28-41)33-15-7-2-8-16-33/h1-31,43H. The smallest absolute Gasteiger partial charge is 0.0488 e. The fourth-order valence-corrected chi connectivity index (χ4v) is 5.61. The Labute approximate surface area is 259 Å². The average Bonchev–Trinajstić information content (AvgIpc) is 3.11. The van der Waals surface area contributed by atoms with Crippen LogP contribution < -0.4 is 10.2 Å². The Morgan fingerprint density at radius 2 is 0.682 bits per heavy atom. The molecule has 2 heteroatoms. The van der Waals surface area contributed by atoms with Crippen LogP contribution in [0.4, 0.5) is 28.4 Å². The zero-order valence-electron chi connectivity index (χ0n) is 24.3. The summed E-state index contributed by atoms with van der Waals surface area (Å²) in [4.78, 5) is 2.32. The normalized spacial score (nSPS) is 10.7. The van der Waals surface area contributed by atoms with E-state index in [0.717, 1.165) is 34.0 Å². The number of rotatable bonds is 8. The van der Waals surface area contributed by atoms with Crippen molar-refractivity contribution < 1.29 is 0 Å². The van der Waals surface area contributed by atoms with E-state index in [-0.39, 0.29) is 0 Å². The SMILES string of the molecule is c1ccc(-c2ccc(Nc3cc(-c4ccccc4)cc(N(c4ccccc4)c4ccc(-c5ccccc5)cc4)c3)cc2)cc1. The molecule has 0 saturated carbocycles. The molecule has 44 heavy (non-hydrogen) atoms. The molecule has 0 unspecified atom stereocenters. The lowest BCUT2D eigenvalue weighted by molar-refractivity contribution is 1.28. The lowest BCUT2D eigenvalue weighted by atomic mass is 10.0. The van der Waals surface area contributed by atoms with E-state index in [0.29, 0.717) is 0 Å². The minimum absolute atomic E-state index is 1.02. The molecule has 210 valence electrons. The zero-order valence-corrected chi connectivity index (χ0v) is 24.3. The maximum Gasteiger partial charge on any atom is 0.0488 e. The van der Waals surface area contributed by atoms with Crippen molar-refractivity contribution in [2.45, 2.75) is 0 Å². The maximum absolute atomic E-state index is 3.69. The molecule has 0 aliphatic carbocycles. The second kappa shape index (κ2) is 12.6. The fourth-order valence-electron chi connectivity index (χ4n) is 5.61. The third-order valence-corrected chi connectivity index (χ3v) is 7.81. The van der Waals surface area contributed by atoms with Crippen molar-refractivity contribution in [3.63, 3.8) is 0 Å². The molecule has 0 heterocycles. The summed E-state index contributed by atoms with van der Waals surface area (Å²) in [5, 5.41) is 3.69. The van der Waals surface area contributed by atoms with E-state index in [1.165, 1.54) is 27.8 Å². The first-order valence-electron chi connectivity index (χ1n) is 14.9. The molecular formula is C42H32N2. The first kappa shape index (κ1) is 27.0. The van der Waals surface area contributed by atoms with Crippen molar-refractivity contribution in [1.29, 1.82) is 0 Å². The molecule has 0 radical (unpaired) electrons. The number of hydrogen-bond acceptors (Lipinski definition) is 2. The first-order chi connectivity index (χ1) is 21.8. The number of nitrogens with zero attached hydrogens (tertiary/aromatic N) is 1. The van der Waals surface area contributed by atoms with E-state index < -0.39 is 0 Å². The van der Waals surface area contributed by atoms with Crippen molar-refractivity contribution in [3.8, 4) is 33.4 Å². The third-order valence-electron chi connectivity index (χ3n) is 7.81. The molecule has 7 aromatic carbocycles. The second-order valence-corrected chi connectivity index (χ2v) is 10.8. The van der Waals surface area contributed by atoms with E-state index in [1.54, 1.807) is 0 Å². The van der Waals surface area contributed by atoms with Crippen molar-refractivity contribution >= 4 is 28.4 Å². The number of nitrogens with one attached hydrogen (secondary N) is 1. The second-order valence-electron chi connectivity index (χ2n) is 10.8. The Bertz CT molecular complexity index is 1930. The molecule has 0 aliphatic heterocycles. The predicted octanol–water partition coefficient (Wildman–Crippen LogP) is 11.9. The summed E-state index contributed by atoms with van der Waals surface area (Å²) in [6.45, 7) is 0. The molecule has 0 fully saturated rings. The van der Waals surface area contributed by atoms with E-state index in [1.807, 2.05) is 6.07 Å². The summed E-state index contributed by atoms with van der Waals surface area (Å²) in [6.07, 6.45) is 0. The fraction of sp³-hybridized carbons (Fsp3) is 0. The first-order valence-corrected chi connectivity index (χ1v) is 14.9. The van der Waals surface area contributed by atoms with Crippen LogP contribution in [0.5, 0.6) is 0 Å². The van der Waals surface area contributed by atoms with Gasteiger partial charge in [0.05, 0.1) is 0 Å². The van der Waals surface area contributed by atoms with Gasteiger partial charge in [0.15, 0.2) is 0 Å². The van der Waals surface area contributed by atoms with Crippen LogP contribution in [0, 0.1) is 0 Å². The Morgan fingerprint density at radius 3 is 1.20 bits per heavy atom. The summed E-state index contributed by atoms with van der Waals surface area (Å²) in [6, 6.07) is 66.3. The highest BCUT2D eigenvalue weighted by Gasteiger charge is 2.15. The summed E-state index contributed by atoms with van der Waals surface area (Å²) >= 11 is 0. The Balaban J connectivity index is 1.30. The molecule has 1 N–H and O–H groups in total. The van der Waals surface area contributed by atoms with Crippen LogP contribution >= 0.6 is 0 Å². The molecule has 0 amide bonds. The molecular weight excluding hydrogens is 532 g/mol. The van der Waals surface area contributed by atoms with Gasteiger partial charge in [-0.2, -0.15) is 0 Å². The monoisotopic (exact) mass is 564 g/mol. The molecule has 0 aromatic heterocycles. The molecule has 0 bridgehead atoms. The topological polar surface area (TPSA) is 15.3 Å². The average molecular weight is 565 g/mol. The van der Waals surface area contributed by atoms with Gasteiger partial charge in [-0.15, -0.1) is 0 Å². The van der Waals surface area contributed by atoms with Crippen LogP contribution in [0.15, 0.2) is 188 Å². The Morgan fingerprint density at radius 1 is 0.273 bits per heavy atom. The van der Waals surface area contributed by atoms with Crippen LogP contribution in [0.3, 0.4) is 0 Å². The highest BCUT2D eigenvalue weighted by atomic mass is 15.1. The maximum atomic E-state index is 3.69. The molecule has 0 spiro atoms. The molecule has 7 rings (SSSR count). The largest absolute Gasteiger partial charge is 0.355 e. The summed E-state index contributed by atoms with van der Waals surface area (Å²) in [7, 11) is 0. The Kier molecular flexibility index (Phi) is 7.71. The molecule has 2 nitrogen and oxygen atoms in total. The molecule has 0 aliphatic rings. The lowest BCUT2D eigenvalue weighted by Crippen LogP contribution is -2.10. The van der Waals surface area contributed by atoms with Crippen LogP contribution in [0.2, 0.25) is 0 Å². The van der Waals surface area contributed by atoms with Crippen molar-refractivity contribution in [2.24, 2.45) is 0 Å². The van der Waals surface area contributed by atoms with E-state index >= 15 is 0 Å². The van der Waals surface area contributed by atoms with Gasteiger partial charge in [0.1, 0.15) is 0 Å². The van der Waals surface area contributed by atoms with Crippen molar-refractivity contribution in [3.05, 3.63) is 188 Å². The number of benzene rings is 7. The summed E-state index contributed by atoms with van der Waals surface area (Å²) in [5.41, 5.74) is 12.5. The summed E-state index contributed by atoms with van der Waals surface area (Å²) < 4.78 is 0. The minimum atomic E-state index is 1.02. The van der Waals surface area contributed by atoms with Gasteiger partial charge in [-0.05, 0) is 88.0 Å². The molecule has 0 saturated heterocycles. The summed E-state index contributed by atoms with van der Waals surface area (Å²) in [5.74, 6) is 0. The van der Waals surface area contributed by atoms with Crippen LogP contribution in [0.1, 0.15) is 0 Å². The van der Waals surface area contributed by atoms with Crippen molar-refractivity contribution in [1.82, 2.24) is 0 Å². The van der Waals surface area contributed by atoms with Gasteiger partial charge in [0.2, 0.25) is 0 Å². The third kappa shape index (κ3) is 6.01. The van der Waals surface area contributed by atoms with Crippen LogP contribution in [-0.4, -0.2) is 0 Å². The number of hydrogen-bond donors (Lipinski definition) is 1. The quantitative estimate of drug-likeness (QED) is 0.197. The van der Waals surface area contributed by atoms with Gasteiger partial charge in [-0.25, -0.2) is 0 Å². The minimum Gasteiger partial charge on any atom is -0.355 e. The van der Waals surface area contributed by atoms with Crippen LogP contribution in [-0.2, 0) is 0 Å². The van der Waals surface area contributed by atoms with Gasteiger partial charge in [-0.3, -0.25) is 0 Å². The highest BCUT2D eigenvalue weighted by Crippen LogP contribution is 2.39. The van der Waals surface area contributed by atoms with Gasteiger partial charge in [-0.1, -0.05) is 133 Å². The number of anilines is 5. The zero-order chi connectivity index (χ0) is 29.6. The van der Waals surface area contributed by atoms with E-state index in [4.69, 9.17) is 0 Å². The van der Waals surface area contributed by atoms with E-state index in [2.05, 4.69) is 192 Å². The Hall–Kier alpha value is -5.86. The van der Waals surface area contributed by atoms with E-state index in [9.17, 15) is 0 Å². The van der Waals surface area contributed by atoms with Gasteiger partial charge in [0, 0.05) is 28.4 Å². The number of para-hydroxylation sites is 1. The molecule has 0 atom stereocenters. The van der Waals surface area contributed by atoms with Crippen molar-refractivity contribution in [2.75, 3.05) is 10.2 Å². The van der Waals surface area contributed by atoms with Gasteiger partial charge >= 0.3 is 0 Å². The van der Waals surface area contributed by atoms with Gasteiger partial charge in [0.25, 0.3) is 0 Å². The molecule has 7 aromatic rings. The van der Waals surface area contributed by atoms with Crippen LogP contribution in [0.25, 0.3) is 33.4 Å². The predicted molar refractivity (Wildman–Crippen MR) is 187 cm³/mol.